The average molecular weight is 380 g/mol. The lowest BCUT2D eigenvalue weighted by Gasteiger charge is -2.13. The summed E-state index contributed by atoms with van der Waals surface area (Å²) in [4.78, 5) is 17.6. The van der Waals surface area contributed by atoms with E-state index in [0.717, 1.165) is 32.6 Å². The second kappa shape index (κ2) is 7.96. The van der Waals surface area contributed by atoms with Crippen molar-refractivity contribution in [3.8, 4) is 0 Å². The number of para-hydroxylation sites is 1. The summed E-state index contributed by atoms with van der Waals surface area (Å²) >= 11 is 9.11. The second-order valence-electron chi connectivity index (χ2n) is 5.44. The number of hydrogen-bond donors (Lipinski definition) is 2. The Morgan fingerprint density at radius 2 is 2.08 bits per heavy atom. The lowest BCUT2D eigenvalue weighted by atomic mass is 10.3. The van der Waals surface area contributed by atoms with E-state index in [9.17, 15) is 4.79 Å². The van der Waals surface area contributed by atoms with Crippen LogP contribution in [0, 0.1) is 0 Å². The first-order chi connectivity index (χ1) is 11.6. The first-order valence-corrected chi connectivity index (χ1v) is 9.77. The number of hydrogen-bond acceptors (Lipinski definition) is 4. The number of aryl methyl sites for hydroxylation is 1. The van der Waals surface area contributed by atoms with Crippen molar-refractivity contribution in [1.29, 1.82) is 0 Å². The van der Waals surface area contributed by atoms with Gasteiger partial charge in [-0.3, -0.25) is 0 Å². The van der Waals surface area contributed by atoms with Crippen molar-refractivity contribution in [3.05, 3.63) is 50.6 Å². The Morgan fingerprint density at radius 3 is 2.83 bits per heavy atom. The van der Waals surface area contributed by atoms with Crippen molar-refractivity contribution in [1.82, 2.24) is 15.6 Å². The number of urea groups is 1. The molecule has 24 heavy (non-hydrogen) atoms. The van der Waals surface area contributed by atoms with Gasteiger partial charge in [-0.25, -0.2) is 9.78 Å². The number of carbonyl (C=O) groups excluding carboxylic acids is 1. The third-order valence-corrected chi connectivity index (χ3v) is 6.07. The molecule has 1 unspecified atom stereocenters. The standard InChI is InChI=1S/C17H18ClN3OS2/c1-11(13-8-9-15(18)23-13)20-17(22)19-10-4-7-16-21-12-5-2-3-6-14(12)24-16/h2-3,5-6,8-9,11H,4,7,10H2,1H3,(H2,19,20,22). The number of aromatic nitrogens is 1. The highest BCUT2D eigenvalue weighted by Crippen LogP contribution is 2.26. The van der Waals surface area contributed by atoms with Crippen LogP contribution in [-0.4, -0.2) is 17.6 Å². The van der Waals surface area contributed by atoms with Gasteiger partial charge in [0.05, 0.1) is 25.6 Å². The fraction of sp³-hybridized carbons (Fsp3) is 0.294. The third kappa shape index (κ3) is 4.47. The quantitative estimate of drug-likeness (QED) is 0.592. The van der Waals surface area contributed by atoms with Gasteiger partial charge in [0.2, 0.25) is 0 Å². The highest BCUT2D eigenvalue weighted by molar-refractivity contribution is 7.18. The number of nitrogens with zero attached hydrogens (tertiary/aromatic N) is 1. The van der Waals surface area contributed by atoms with Crippen LogP contribution in [0.5, 0.6) is 0 Å². The second-order valence-corrected chi connectivity index (χ2v) is 8.30. The van der Waals surface area contributed by atoms with Gasteiger partial charge in [0.1, 0.15) is 0 Å². The zero-order valence-corrected chi connectivity index (χ0v) is 15.6. The van der Waals surface area contributed by atoms with Gasteiger partial charge in [-0.05, 0) is 37.6 Å². The van der Waals surface area contributed by atoms with Crippen LogP contribution in [0.2, 0.25) is 4.34 Å². The maximum absolute atomic E-state index is 11.9. The van der Waals surface area contributed by atoms with Crippen molar-refractivity contribution < 1.29 is 4.79 Å². The molecule has 1 aromatic carbocycles. The number of carbonyl (C=O) groups is 1. The van der Waals surface area contributed by atoms with E-state index in [1.807, 2.05) is 37.3 Å². The minimum absolute atomic E-state index is 0.0493. The molecule has 0 aliphatic rings. The van der Waals surface area contributed by atoms with Crippen LogP contribution in [-0.2, 0) is 6.42 Å². The monoisotopic (exact) mass is 379 g/mol. The Labute approximate surface area is 153 Å². The summed E-state index contributed by atoms with van der Waals surface area (Å²) in [6.45, 7) is 2.57. The van der Waals surface area contributed by atoms with Crippen molar-refractivity contribution in [2.24, 2.45) is 0 Å². The van der Waals surface area contributed by atoms with E-state index in [1.54, 1.807) is 11.3 Å². The van der Waals surface area contributed by atoms with Crippen LogP contribution in [0.15, 0.2) is 36.4 Å². The largest absolute Gasteiger partial charge is 0.338 e. The van der Waals surface area contributed by atoms with E-state index >= 15 is 0 Å². The Morgan fingerprint density at radius 1 is 1.25 bits per heavy atom. The highest BCUT2D eigenvalue weighted by Gasteiger charge is 2.11. The van der Waals surface area contributed by atoms with Crippen molar-refractivity contribution in [3.63, 3.8) is 0 Å². The van der Waals surface area contributed by atoms with E-state index in [-0.39, 0.29) is 12.1 Å². The molecule has 2 aromatic heterocycles. The number of halogens is 1. The van der Waals surface area contributed by atoms with Gasteiger partial charge < -0.3 is 10.6 Å². The van der Waals surface area contributed by atoms with Gasteiger partial charge in [0, 0.05) is 17.8 Å². The van der Waals surface area contributed by atoms with Crippen LogP contribution in [0.1, 0.15) is 29.3 Å². The summed E-state index contributed by atoms with van der Waals surface area (Å²) in [6, 6.07) is 11.7. The lowest BCUT2D eigenvalue weighted by Crippen LogP contribution is -2.37. The molecule has 3 rings (SSSR count). The molecule has 2 N–H and O–H groups in total. The molecule has 7 heteroatoms. The molecule has 126 valence electrons. The molecule has 0 saturated carbocycles. The number of amides is 2. The lowest BCUT2D eigenvalue weighted by molar-refractivity contribution is 0.238. The smallest absolute Gasteiger partial charge is 0.315 e. The molecule has 2 heterocycles. The predicted molar refractivity (Wildman–Crippen MR) is 102 cm³/mol. The summed E-state index contributed by atoms with van der Waals surface area (Å²) in [6.07, 6.45) is 1.74. The number of nitrogens with one attached hydrogen (secondary N) is 2. The number of fused-ring (bicyclic) bond motifs is 1. The molecule has 3 aromatic rings. The molecule has 1 atom stereocenters. The number of thiazole rings is 1. The predicted octanol–water partition coefficient (Wildman–Crippen LogP) is 5.00. The van der Waals surface area contributed by atoms with Gasteiger partial charge in [0.15, 0.2) is 0 Å². The number of rotatable bonds is 6. The molecular formula is C17H18ClN3OS2. The fourth-order valence-electron chi connectivity index (χ4n) is 2.35. The Balaban J connectivity index is 1.40. The van der Waals surface area contributed by atoms with Gasteiger partial charge in [-0.2, -0.15) is 0 Å². The van der Waals surface area contributed by atoms with Crippen LogP contribution < -0.4 is 10.6 Å². The van der Waals surface area contributed by atoms with E-state index in [0.29, 0.717) is 6.54 Å². The Hall–Kier alpha value is -1.63. The molecule has 0 bridgehead atoms. The molecular weight excluding hydrogens is 362 g/mol. The number of thiophene rings is 1. The maximum atomic E-state index is 11.9. The summed E-state index contributed by atoms with van der Waals surface area (Å²) in [5.41, 5.74) is 1.05. The van der Waals surface area contributed by atoms with Crippen molar-refractivity contribution in [2.75, 3.05) is 6.54 Å². The molecule has 0 radical (unpaired) electrons. The fourth-order valence-corrected chi connectivity index (χ4v) is 4.42. The molecule has 0 aliphatic heterocycles. The zero-order chi connectivity index (χ0) is 16.9. The first-order valence-electron chi connectivity index (χ1n) is 7.76. The Bertz CT molecular complexity index is 797. The molecule has 2 amide bonds. The van der Waals surface area contributed by atoms with Crippen LogP contribution in [0.25, 0.3) is 10.2 Å². The van der Waals surface area contributed by atoms with Gasteiger partial charge in [-0.15, -0.1) is 22.7 Å². The topological polar surface area (TPSA) is 54.0 Å². The summed E-state index contributed by atoms with van der Waals surface area (Å²) in [5.74, 6) is 0. The summed E-state index contributed by atoms with van der Waals surface area (Å²) in [7, 11) is 0. The van der Waals surface area contributed by atoms with Crippen molar-refractivity contribution >= 4 is 50.5 Å². The summed E-state index contributed by atoms with van der Waals surface area (Å²) < 4.78 is 1.94. The average Bonchev–Trinajstić information content (AvgIpc) is 3.17. The normalized spacial score (nSPS) is 12.2. The highest BCUT2D eigenvalue weighted by atomic mass is 35.5. The SMILES string of the molecule is CC(NC(=O)NCCCc1nc2ccccc2s1)c1ccc(Cl)s1. The van der Waals surface area contributed by atoms with Crippen LogP contribution in [0.4, 0.5) is 4.79 Å². The molecule has 0 fully saturated rings. The van der Waals surface area contributed by atoms with E-state index in [4.69, 9.17) is 11.6 Å². The Kier molecular flexibility index (Phi) is 5.71. The number of benzene rings is 1. The van der Waals surface area contributed by atoms with Gasteiger partial charge in [-0.1, -0.05) is 23.7 Å². The van der Waals surface area contributed by atoms with Gasteiger partial charge >= 0.3 is 6.03 Å². The first kappa shape index (κ1) is 17.2. The van der Waals surface area contributed by atoms with Crippen LogP contribution in [0.3, 0.4) is 0 Å². The molecule has 4 nitrogen and oxygen atoms in total. The summed E-state index contributed by atoms with van der Waals surface area (Å²) in [5, 5.41) is 6.92. The zero-order valence-electron chi connectivity index (χ0n) is 13.2. The van der Waals surface area contributed by atoms with E-state index in [1.165, 1.54) is 16.0 Å². The van der Waals surface area contributed by atoms with Gasteiger partial charge in [0.25, 0.3) is 0 Å². The van der Waals surface area contributed by atoms with E-state index < -0.39 is 0 Å². The molecule has 0 aliphatic carbocycles. The third-order valence-electron chi connectivity index (χ3n) is 3.56. The molecule has 0 saturated heterocycles. The maximum Gasteiger partial charge on any atom is 0.315 e. The minimum Gasteiger partial charge on any atom is -0.338 e. The minimum atomic E-state index is -0.156. The van der Waals surface area contributed by atoms with Crippen LogP contribution >= 0.6 is 34.3 Å². The van der Waals surface area contributed by atoms with Crippen molar-refractivity contribution in [2.45, 2.75) is 25.8 Å². The molecule has 0 spiro atoms. The van der Waals surface area contributed by atoms with E-state index in [2.05, 4.69) is 21.7 Å².